The smallest absolute Gasteiger partial charge is 0.328 e. The Balaban J connectivity index is 2.74. The second kappa shape index (κ2) is 7.76. The van der Waals surface area contributed by atoms with Crippen molar-refractivity contribution >= 4 is 23.5 Å². The molecule has 0 aliphatic carbocycles. The summed E-state index contributed by atoms with van der Waals surface area (Å²) in [5, 5.41) is 3.13. The first kappa shape index (κ1) is 15.5. The molecule has 0 aromatic heterocycles. The van der Waals surface area contributed by atoms with Gasteiger partial charge in [0.1, 0.15) is 12.6 Å². The lowest BCUT2D eigenvalue weighted by Gasteiger charge is -2.16. The highest BCUT2D eigenvalue weighted by Gasteiger charge is 2.21. The fourth-order valence-corrected chi connectivity index (χ4v) is 1.82. The Morgan fingerprint density at radius 1 is 1.37 bits per heavy atom. The molecule has 1 aromatic rings. The molecule has 0 spiro atoms. The SMILES string of the molecule is COCC(=O)N[C@@H](Cc1cccc(Cl)c1)C(=O)OC. The van der Waals surface area contributed by atoms with Gasteiger partial charge in [-0.15, -0.1) is 0 Å². The van der Waals surface area contributed by atoms with Crippen molar-refractivity contribution in [3.8, 4) is 0 Å². The van der Waals surface area contributed by atoms with E-state index in [-0.39, 0.29) is 12.5 Å². The maximum absolute atomic E-state index is 11.6. The maximum Gasteiger partial charge on any atom is 0.328 e. The molecule has 19 heavy (non-hydrogen) atoms. The summed E-state index contributed by atoms with van der Waals surface area (Å²) in [6.45, 7) is -0.108. The highest BCUT2D eigenvalue weighted by atomic mass is 35.5. The second-order valence-electron chi connectivity index (χ2n) is 3.91. The van der Waals surface area contributed by atoms with E-state index in [1.165, 1.54) is 14.2 Å². The van der Waals surface area contributed by atoms with Crippen LogP contribution in [0, 0.1) is 0 Å². The Labute approximate surface area is 116 Å². The number of hydrogen-bond donors (Lipinski definition) is 1. The summed E-state index contributed by atoms with van der Waals surface area (Å²) in [6.07, 6.45) is 0.308. The lowest BCUT2D eigenvalue weighted by atomic mass is 10.1. The summed E-state index contributed by atoms with van der Waals surface area (Å²) in [6, 6.07) is 6.32. The van der Waals surface area contributed by atoms with E-state index in [1.54, 1.807) is 18.2 Å². The highest BCUT2D eigenvalue weighted by molar-refractivity contribution is 6.30. The Morgan fingerprint density at radius 2 is 2.11 bits per heavy atom. The second-order valence-corrected chi connectivity index (χ2v) is 4.35. The third-order valence-corrected chi connectivity index (χ3v) is 2.66. The standard InChI is InChI=1S/C13H16ClNO4/c1-18-8-12(16)15-11(13(17)19-2)7-9-4-3-5-10(14)6-9/h3-6,11H,7-8H2,1-2H3,(H,15,16)/t11-/m0/s1. The molecule has 0 fully saturated rings. The molecule has 0 saturated carbocycles. The van der Waals surface area contributed by atoms with Gasteiger partial charge < -0.3 is 14.8 Å². The van der Waals surface area contributed by atoms with Crippen LogP contribution < -0.4 is 5.32 Å². The van der Waals surface area contributed by atoms with Gasteiger partial charge in [-0.05, 0) is 17.7 Å². The highest BCUT2D eigenvalue weighted by Crippen LogP contribution is 2.12. The molecule has 5 nitrogen and oxygen atoms in total. The van der Waals surface area contributed by atoms with Crippen LogP contribution in [0.4, 0.5) is 0 Å². The molecule has 6 heteroatoms. The van der Waals surface area contributed by atoms with Crippen LogP contribution in [0.1, 0.15) is 5.56 Å². The topological polar surface area (TPSA) is 64.6 Å². The molecule has 0 bridgehead atoms. The van der Waals surface area contributed by atoms with E-state index >= 15 is 0 Å². The molecule has 1 N–H and O–H groups in total. The molecule has 1 aromatic carbocycles. The molecule has 0 saturated heterocycles. The summed E-state index contributed by atoms with van der Waals surface area (Å²) in [7, 11) is 2.68. The van der Waals surface area contributed by atoms with Crippen LogP contribution in [-0.4, -0.2) is 38.7 Å². The minimum atomic E-state index is -0.758. The van der Waals surface area contributed by atoms with E-state index in [1.807, 2.05) is 6.07 Å². The van der Waals surface area contributed by atoms with Gasteiger partial charge in [-0.2, -0.15) is 0 Å². The molecule has 0 unspecified atom stereocenters. The minimum Gasteiger partial charge on any atom is -0.467 e. The van der Waals surface area contributed by atoms with Gasteiger partial charge in [-0.3, -0.25) is 4.79 Å². The monoisotopic (exact) mass is 285 g/mol. The average molecular weight is 286 g/mol. The van der Waals surface area contributed by atoms with Gasteiger partial charge in [0, 0.05) is 18.6 Å². The van der Waals surface area contributed by atoms with Crippen molar-refractivity contribution in [2.24, 2.45) is 0 Å². The zero-order chi connectivity index (χ0) is 14.3. The van der Waals surface area contributed by atoms with Gasteiger partial charge in [0.2, 0.25) is 5.91 Å². The number of ether oxygens (including phenoxy) is 2. The van der Waals surface area contributed by atoms with E-state index in [4.69, 9.17) is 16.3 Å². The van der Waals surface area contributed by atoms with E-state index in [0.29, 0.717) is 11.4 Å². The fraction of sp³-hybridized carbons (Fsp3) is 0.385. The Hall–Kier alpha value is -1.59. The Bertz CT molecular complexity index is 450. The fourth-order valence-electron chi connectivity index (χ4n) is 1.60. The number of esters is 1. The number of carbonyl (C=O) groups excluding carboxylic acids is 2. The number of benzene rings is 1. The van der Waals surface area contributed by atoms with Crippen LogP contribution in [0.2, 0.25) is 5.02 Å². The van der Waals surface area contributed by atoms with Crippen LogP contribution in [0.25, 0.3) is 0 Å². The van der Waals surface area contributed by atoms with Crippen molar-refractivity contribution in [2.75, 3.05) is 20.8 Å². The molecule has 1 atom stereocenters. The van der Waals surface area contributed by atoms with Crippen LogP contribution >= 0.6 is 11.6 Å². The lowest BCUT2D eigenvalue weighted by molar-refractivity contribution is -0.145. The quantitative estimate of drug-likeness (QED) is 0.798. The van der Waals surface area contributed by atoms with Gasteiger partial charge in [-0.1, -0.05) is 23.7 Å². The Kier molecular flexibility index (Phi) is 6.32. The minimum absolute atomic E-state index is 0.108. The number of methoxy groups -OCH3 is 2. The molecule has 1 amide bonds. The molecule has 0 aliphatic rings. The van der Waals surface area contributed by atoms with Crippen molar-refractivity contribution < 1.29 is 19.1 Å². The molecule has 0 aliphatic heterocycles. The van der Waals surface area contributed by atoms with Gasteiger partial charge >= 0.3 is 5.97 Å². The molecular weight excluding hydrogens is 270 g/mol. The predicted molar refractivity (Wildman–Crippen MR) is 71.0 cm³/mol. The molecule has 1 rings (SSSR count). The molecular formula is C13H16ClNO4. The molecule has 104 valence electrons. The summed E-state index contributed by atoms with van der Waals surface area (Å²) < 4.78 is 9.37. The van der Waals surface area contributed by atoms with Crippen molar-refractivity contribution in [1.29, 1.82) is 0 Å². The third-order valence-electron chi connectivity index (χ3n) is 2.43. The summed E-state index contributed by atoms with van der Waals surface area (Å²) in [4.78, 5) is 23.1. The summed E-state index contributed by atoms with van der Waals surface area (Å²) >= 11 is 5.87. The molecule has 0 radical (unpaired) electrons. The first-order chi connectivity index (χ1) is 9.06. The summed E-state index contributed by atoms with van der Waals surface area (Å²) in [5.74, 6) is -0.885. The number of hydrogen-bond acceptors (Lipinski definition) is 4. The van der Waals surface area contributed by atoms with E-state index in [2.05, 4.69) is 10.1 Å². The van der Waals surface area contributed by atoms with Crippen molar-refractivity contribution in [1.82, 2.24) is 5.32 Å². The lowest BCUT2D eigenvalue weighted by Crippen LogP contribution is -2.44. The number of rotatable bonds is 6. The van der Waals surface area contributed by atoms with Gasteiger partial charge in [-0.25, -0.2) is 4.79 Å². The van der Waals surface area contributed by atoms with Crippen LogP contribution in [0.5, 0.6) is 0 Å². The third kappa shape index (κ3) is 5.28. The van der Waals surface area contributed by atoms with E-state index in [9.17, 15) is 9.59 Å². The number of halogens is 1. The van der Waals surface area contributed by atoms with E-state index in [0.717, 1.165) is 5.56 Å². The predicted octanol–water partition coefficient (Wildman–Crippen LogP) is 1.19. The number of carbonyl (C=O) groups is 2. The van der Waals surface area contributed by atoms with Crippen molar-refractivity contribution in [3.63, 3.8) is 0 Å². The van der Waals surface area contributed by atoms with Crippen LogP contribution in [-0.2, 0) is 25.5 Å². The first-order valence-electron chi connectivity index (χ1n) is 5.67. The Morgan fingerprint density at radius 3 is 2.68 bits per heavy atom. The van der Waals surface area contributed by atoms with Crippen LogP contribution in [0.15, 0.2) is 24.3 Å². The number of amides is 1. The zero-order valence-corrected chi connectivity index (χ0v) is 11.6. The van der Waals surface area contributed by atoms with Gasteiger partial charge in [0.25, 0.3) is 0 Å². The normalized spacial score (nSPS) is 11.7. The first-order valence-corrected chi connectivity index (χ1v) is 6.05. The zero-order valence-electron chi connectivity index (χ0n) is 10.8. The summed E-state index contributed by atoms with van der Waals surface area (Å²) in [5.41, 5.74) is 0.834. The number of nitrogens with one attached hydrogen (secondary N) is 1. The average Bonchev–Trinajstić information content (AvgIpc) is 2.37. The van der Waals surface area contributed by atoms with Gasteiger partial charge in [0.15, 0.2) is 0 Å². The molecule has 0 heterocycles. The van der Waals surface area contributed by atoms with Crippen LogP contribution in [0.3, 0.4) is 0 Å². The van der Waals surface area contributed by atoms with Crippen molar-refractivity contribution in [2.45, 2.75) is 12.5 Å². The van der Waals surface area contributed by atoms with Gasteiger partial charge in [0.05, 0.1) is 7.11 Å². The van der Waals surface area contributed by atoms with Crippen molar-refractivity contribution in [3.05, 3.63) is 34.9 Å². The largest absolute Gasteiger partial charge is 0.467 e. The van der Waals surface area contributed by atoms with E-state index < -0.39 is 12.0 Å². The maximum atomic E-state index is 11.6.